The Morgan fingerprint density at radius 3 is 2.88 bits per heavy atom. The maximum Gasteiger partial charge on any atom is 0.205 e. The van der Waals surface area contributed by atoms with E-state index in [2.05, 4.69) is 20.3 Å². The fraction of sp³-hybridized carbons (Fsp3) is 0.273. The largest absolute Gasteiger partial charge is 0.399 e. The number of aryl methyl sites for hydroxylation is 1. The summed E-state index contributed by atoms with van der Waals surface area (Å²) in [7, 11) is 2.00. The molecule has 0 unspecified atom stereocenters. The quantitative estimate of drug-likeness (QED) is 0.826. The number of nitrogen functional groups attached to an aromatic ring is 1. The lowest BCUT2D eigenvalue weighted by Crippen LogP contribution is -2.16. The van der Waals surface area contributed by atoms with E-state index in [1.807, 2.05) is 32.2 Å². The molecule has 0 spiro atoms. The van der Waals surface area contributed by atoms with Crippen LogP contribution in [0, 0.1) is 6.92 Å². The van der Waals surface area contributed by atoms with Crippen molar-refractivity contribution in [1.82, 2.24) is 9.36 Å². The Morgan fingerprint density at radius 1 is 1.44 bits per heavy atom. The maximum absolute atomic E-state index is 5.73. The van der Waals surface area contributed by atoms with Crippen LogP contribution in [-0.2, 0) is 6.54 Å². The smallest absolute Gasteiger partial charge is 0.205 e. The highest BCUT2D eigenvalue weighted by atomic mass is 32.1. The van der Waals surface area contributed by atoms with Crippen molar-refractivity contribution < 1.29 is 0 Å². The lowest BCUT2D eigenvalue weighted by molar-refractivity contribution is 0.910. The Labute approximate surface area is 98.9 Å². The predicted molar refractivity (Wildman–Crippen MR) is 67.6 cm³/mol. The van der Waals surface area contributed by atoms with Crippen LogP contribution < -0.4 is 10.6 Å². The van der Waals surface area contributed by atoms with E-state index in [1.165, 1.54) is 17.1 Å². The molecule has 1 heterocycles. The molecule has 4 nitrogen and oxygen atoms in total. The fourth-order valence-electron chi connectivity index (χ4n) is 1.47. The summed E-state index contributed by atoms with van der Waals surface area (Å²) in [5, 5.41) is 0.930. The number of aromatic nitrogens is 2. The lowest BCUT2D eigenvalue weighted by atomic mass is 10.2. The molecule has 1 aromatic heterocycles. The van der Waals surface area contributed by atoms with Crippen LogP contribution in [0.2, 0.25) is 0 Å². The van der Waals surface area contributed by atoms with E-state index in [1.54, 1.807) is 0 Å². The van der Waals surface area contributed by atoms with Gasteiger partial charge in [-0.1, -0.05) is 12.1 Å². The minimum atomic E-state index is 0.791. The second kappa shape index (κ2) is 4.49. The van der Waals surface area contributed by atoms with Crippen LogP contribution in [-0.4, -0.2) is 16.4 Å². The number of hydrogen-bond donors (Lipinski definition) is 1. The number of nitrogens with zero attached hydrogens (tertiary/aromatic N) is 3. The molecule has 0 aliphatic carbocycles. The van der Waals surface area contributed by atoms with Gasteiger partial charge in [0.15, 0.2) is 0 Å². The molecule has 5 heteroatoms. The second-order valence-electron chi connectivity index (χ2n) is 3.73. The summed E-state index contributed by atoms with van der Waals surface area (Å²) < 4.78 is 4.16. The van der Waals surface area contributed by atoms with Gasteiger partial charge in [0, 0.05) is 30.8 Å². The Balaban J connectivity index is 2.10. The van der Waals surface area contributed by atoms with Gasteiger partial charge in [0.25, 0.3) is 0 Å². The lowest BCUT2D eigenvalue weighted by Gasteiger charge is -2.15. The summed E-state index contributed by atoms with van der Waals surface area (Å²) in [6.07, 6.45) is 0. The van der Waals surface area contributed by atoms with Crippen molar-refractivity contribution in [1.29, 1.82) is 0 Å². The van der Waals surface area contributed by atoms with Gasteiger partial charge in [-0.2, -0.15) is 4.37 Å². The molecular weight excluding hydrogens is 220 g/mol. The minimum absolute atomic E-state index is 0.791. The van der Waals surface area contributed by atoms with Gasteiger partial charge < -0.3 is 10.6 Å². The zero-order valence-electron chi connectivity index (χ0n) is 9.34. The molecule has 0 radical (unpaired) electrons. The Bertz CT molecular complexity index is 480. The Kier molecular flexibility index (Phi) is 3.05. The Hall–Kier alpha value is -1.62. The van der Waals surface area contributed by atoms with Gasteiger partial charge in [0.1, 0.15) is 5.82 Å². The summed E-state index contributed by atoms with van der Waals surface area (Å²) in [5.41, 5.74) is 7.70. The highest BCUT2D eigenvalue weighted by molar-refractivity contribution is 7.09. The van der Waals surface area contributed by atoms with Gasteiger partial charge in [-0.3, -0.25) is 0 Å². The van der Waals surface area contributed by atoms with E-state index in [0.29, 0.717) is 0 Å². The molecule has 84 valence electrons. The van der Waals surface area contributed by atoms with E-state index in [-0.39, 0.29) is 0 Å². The fourth-order valence-corrected chi connectivity index (χ4v) is 2.11. The molecule has 0 aliphatic heterocycles. The van der Waals surface area contributed by atoms with E-state index in [4.69, 9.17) is 5.73 Å². The first-order chi connectivity index (χ1) is 7.65. The monoisotopic (exact) mass is 234 g/mol. The van der Waals surface area contributed by atoms with E-state index in [0.717, 1.165) is 23.2 Å². The molecule has 0 saturated carbocycles. The summed E-state index contributed by atoms with van der Waals surface area (Å²) in [4.78, 5) is 6.40. The molecule has 16 heavy (non-hydrogen) atoms. The van der Waals surface area contributed by atoms with Crippen molar-refractivity contribution in [3.63, 3.8) is 0 Å². The molecule has 1 aromatic carbocycles. The molecule has 0 aliphatic rings. The summed E-state index contributed by atoms with van der Waals surface area (Å²) in [6.45, 7) is 2.69. The van der Waals surface area contributed by atoms with Gasteiger partial charge >= 0.3 is 0 Å². The normalized spacial score (nSPS) is 10.4. The van der Waals surface area contributed by atoms with Crippen molar-refractivity contribution in [2.75, 3.05) is 17.7 Å². The topological polar surface area (TPSA) is 55.0 Å². The average molecular weight is 234 g/mol. The van der Waals surface area contributed by atoms with Gasteiger partial charge in [0.05, 0.1) is 0 Å². The third kappa shape index (κ3) is 2.49. The van der Waals surface area contributed by atoms with Gasteiger partial charge in [-0.25, -0.2) is 4.98 Å². The van der Waals surface area contributed by atoms with Gasteiger partial charge in [-0.05, 0) is 24.6 Å². The van der Waals surface area contributed by atoms with E-state index >= 15 is 0 Å². The number of anilines is 2. The third-order valence-corrected chi connectivity index (χ3v) is 3.14. The third-order valence-electron chi connectivity index (χ3n) is 2.21. The molecule has 0 amide bonds. The van der Waals surface area contributed by atoms with Crippen molar-refractivity contribution in [2.45, 2.75) is 13.5 Å². The van der Waals surface area contributed by atoms with E-state index in [9.17, 15) is 0 Å². The highest BCUT2D eigenvalue weighted by Crippen LogP contribution is 2.18. The molecule has 0 saturated heterocycles. The molecule has 2 aromatic rings. The van der Waals surface area contributed by atoms with Crippen LogP contribution in [0.5, 0.6) is 0 Å². The average Bonchev–Trinajstić information content (AvgIpc) is 2.65. The van der Waals surface area contributed by atoms with Gasteiger partial charge in [0.2, 0.25) is 5.13 Å². The molecule has 2 N–H and O–H groups in total. The first kappa shape index (κ1) is 10.9. The van der Waals surface area contributed by atoms with Crippen molar-refractivity contribution in [3.05, 3.63) is 35.7 Å². The molecule has 2 rings (SSSR count). The first-order valence-electron chi connectivity index (χ1n) is 5.01. The van der Waals surface area contributed by atoms with Crippen LogP contribution in [0.25, 0.3) is 0 Å². The number of hydrogen-bond acceptors (Lipinski definition) is 5. The molecule has 0 atom stereocenters. The molecular formula is C11H14N4S. The van der Waals surface area contributed by atoms with Gasteiger partial charge in [-0.15, -0.1) is 0 Å². The zero-order chi connectivity index (χ0) is 11.5. The van der Waals surface area contributed by atoms with Crippen LogP contribution in [0.4, 0.5) is 10.8 Å². The standard InChI is InChI=1S/C11H14N4S/c1-8-13-11(16-14-8)15(2)7-9-4-3-5-10(12)6-9/h3-6H,7,12H2,1-2H3. The van der Waals surface area contributed by atoms with Crippen molar-refractivity contribution in [3.8, 4) is 0 Å². The zero-order valence-corrected chi connectivity index (χ0v) is 10.2. The minimum Gasteiger partial charge on any atom is -0.399 e. The number of nitrogens with two attached hydrogens (primary N) is 1. The summed E-state index contributed by atoms with van der Waals surface area (Å²) in [6, 6.07) is 7.88. The Morgan fingerprint density at radius 2 is 2.25 bits per heavy atom. The van der Waals surface area contributed by atoms with Crippen molar-refractivity contribution >= 4 is 22.4 Å². The van der Waals surface area contributed by atoms with Crippen LogP contribution in [0.1, 0.15) is 11.4 Å². The maximum atomic E-state index is 5.73. The summed E-state index contributed by atoms with van der Waals surface area (Å²) in [5.74, 6) is 0.819. The second-order valence-corrected chi connectivity index (χ2v) is 4.46. The number of rotatable bonds is 3. The van der Waals surface area contributed by atoms with Crippen LogP contribution >= 0.6 is 11.5 Å². The van der Waals surface area contributed by atoms with Crippen molar-refractivity contribution in [2.24, 2.45) is 0 Å². The SMILES string of the molecule is Cc1nsc(N(C)Cc2cccc(N)c2)n1. The summed E-state index contributed by atoms with van der Waals surface area (Å²) >= 11 is 1.41. The molecule has 0 bridgehead atoms. The predicted octanol–water partition coefficient (Wildman–Crippen LogP) is 2.07. The highest BCUT2D eigenvalue weighted by Gasteiger charge is 2.06. The molecule has 0 fully saturated rings. The van der Waals surface area contributed by atoms with Crippen LogP contribution in [0.3, 0.4) is 0 Å². The van der Waals surface area contributed by atoms with Crippen LogP contribution in [0.15, 0.2) is 24.3 Å². The van der Waals surface area contributed by atoms with E-state index < -0.39 is 0 Å². The first-order valence-corrected chi connectivity index (χ1v) is 5.78. The number of benzene rings is 1.